The van der Waals surface area contributed by atoms with Crippen molar-refractivity contribution in [2.24, 2.45) is 0 Å². The number of halogens is 8. The zero-order valence-electron chi connectivity index (χ0n) is 9.94. The molecule has 0 heterocycles. The van der Waals surface area contributed by atoms with Gasteiger partial charge in [-0.2, -0.15) is 0 Å². The summed E-state index contributed by atoms with van der Waals surface area (Å²) < 4.78 is 104. The molecule has 0 aromatic heterocycles. The molecule has 0 saturated carbocycles. The Morgan fingerprint density at radius 3 is 0.682 bits per heavy atom. The van der Waals surface area contributed by atoms with Gasteiger partial charge in [-0.1, -0.05) is 0 Å². The topological polar surface area (TPSA) is 60.7 Å². The molecule has 3 nitrogen and oxygen atoms in total. The van der Waals surface area contributed by atoms with Crippen LogP contribution in [-0.4, -0.2) is 22.4 Å². The van der Waals surface area contributed by atoms with E-state index in [2.05, 4.69) is 0 Å². The summed E-state index contributed by atoms with van der Waals surface area (Å²) in [5, 5.41) is 17.8. The van der Waals surface area contributed by atoms with Crippen LogP contribution in [0.4, 0.5) is 35.1 Å². The van der Waals surface area contributed by atoms with Crippen molar-refractivity contribution in [1.29, 1.82) is 0 Å². The van der Waals surface area contributed by atoms with E-state index in [0.717, 1.165) is 0 Å². The molecular formula is C10H3BF8O3. The van der Waals surface area contributed by atoms with E-state index in [9.17, 15) is 35.1 Å². The molecule has 12 heteroatoms. The lowest BCUT2D eigenvalue weighted by Crippen LogP contribution is -2.07. The molecule has 3 N–H and O–H groups in total. The fourth-order valence-corrected chi connectivity index (χ4v) is 1.46. The van der Waals surface area contributed by atoms with E-state index in [-0.39, 0.29) is 0 Å². The van der Waals surface area contributed by atoms with Crippen molar-refractivity contribution >= 4 is 18.1 Å². The summed E-state index contributed by atoms with van der Waals surface area (Å²) in [6, 6.07) is 0. The van der Waals surface area contributed by atoms with E-state index in [4.69, 9.17) is 15.1 Å². The number of hydrogen-bond donors (Lipinski definition) is 3. The molecule has 2 aromatic rings. The Morgan fingerprint density at radius 2 is 0.545 bits per heavy atom. The third kappa shape index (κ3) is 2.98. The van der Waals surface area contributed by atoms with Gasteiger partial charge in [-0.25, -0.2) is 35.1 Å². The highest BCUT2D eigenvalue weighted by atomic mass is 19.2. The molecule has 0 radical (unpaired) electrons. The van der Waals surface area contributed by atoms with Crippen LogP contribution in [0.3, 0.4) is 0 Å². The first kappa shape index (κ1) is 18.1. The number of fused-ring (bicyclic) bond motifs is 1. The minimum Gasteiger partial charge on any atom is -0.402 e. The number of hydrogen-bond acceptors (Lipinski definition) is 3. The van der Waals surface area contributed by atoms with E-state index >= 15 is 0 Å². The van der Waals surface area contributed by atoms with Crippen LogP contribution in [0.15, 0.2) is 0 Å². The van der Waals surface area contributed by atoms with Crippen LogP contribution < -0.4 is 0 Å². The molecule has 2 aromatic carbocycles. The standard InChI is InChI=1S/C10F8.BH3O3/c11-3-1-2(5(13)9(17)7(3)15)6(14)10(18)8(16)4(1)12;2-1(3)4/h;2-4H. The predicted molar refractivity (Wildman–Crippen MR) is 56.0 cm³/mol. The Morgan fingerprint density at radius 1 is 0.409 bits per heavy atom. The summed E-state index contributed by atoms with van der Waals surface area (Å²) in [5.74, 6) is -19.2. The second-order valence-electron chi connectivity index (χ2n) is 3.61. The second kappa shape index (κ2) is 6.46. The highest BCUT2D eigenvalue weighted by Crippen LogP contribution is 2.33. The Labute approximate surface area is 116 Å². The highest BCUT2D eigenvalue weighted by molar-refractivity contribution is 6.30. The predicted octanol–water partition coefficient (Wildman–Crippen LogP) is 1.90. The lowest BCUT2D eigenvalue weighted by molar-refractivity contribution is 0.278. The lowest BCUT2D eigenvalue weighted by atomic mass is 10.1. The zero-order valence-corrected chi connectivity index (χ0v) is 9.94. The zero-order chi connectivity index (χ0) is 17.4. The molecule has 2 rings (SSSR count). The van der Waals surface area contributed by atoms with E-state index in [1.165, 1.54) is 0 Å². The maximum Gasteiger partial charge on any atom is 0.631 e. The fourth-order valence-electron chi connectivity index (χ4n) is 1.46. The van der Waals surface area contributed by atoms with E-state index < -0.39 is 64.6 Å². The lowest BCUT2D eigenvalue weighted by Gasteiger charge is -2.08. The summed E-state index contributed by atoms with van der Waals surface area (Å²) >= 11 is 0. The third-order valence-electron chi connectivity index (χ3n) is 2.28. The first-order chi connectivity index (χ1) is 10.0. The number of rotatable bonds is 0. The van der Waals surface area contributed by atoms with Crippen LogP contribution in [0.2, 0.25) is 0 Å². The summed E-state index contributed by atoms with van der Waals surface area (Å²) in [6.45, 7) is 0. The van der Waals surface area contributed by atoms with Crippen LogP contribution in [0.25, 0.3) is 10.8 Å². The highest BCUT2D eigenvalue weighted by Gasteiger charge is 2.30. The molecule has 0 spiro atoms. The smallest absolute Gasteiger partial charge is 0.402 e. The summed E-state index contributed by atoms with van der Waals surface area (Å²) in [7, 11) is -2.17. The van der Waals surface area contributed by atoms with E-state index in [1.807, 2.05) is 0 Å². The van der Waals surface area contributed by atoms with Gasteiger partial charge in [-0.15, -0.1) is 0 Å². The van der Waals surface area contributed by atoms with Crippen molar-refractivity contribution in [3.8, 4) is 0 Å². The minimum atomic E-state index is -2.45. The SMILES string of the molecule is Fc1c(F)c(F)c2c(F)c(F)c(F)c(F)c2c1F.OB(O)O. The van der Waals surface area contributed by atoms with Gasteiger partial charge in [0.1, 0.15) is 0 Å². The molecule has 0 amide bonds. The average Bonchev–Trinajstić information content (AvgIpc) is 2.43. The Hall–Kier alpha value is -1.92. The second-order valence-corrected chi connectivity index (χ2v) is 3.61. The van der Waals surface area contributed by atoms with Gasteiger partial charge < -0.3 is 15.1 Å². The monoisotopic (exact) mass is 334 g/mol. The molecule has 0 saturated heterocycles. The van der Waals surface area contributed by atoms with Gasteiger partial charge in [0.15, 0.2) is 46.5 Å². The van der Waals surface area contributed by atoms with E-state index in [0.29, 0.717) is 0 Å². The molecule has 0 aliphatic heterocycles. The van der Waals surface area contributed by atoms with Gasteiger partial charge in [0, 0.05) is 0 Å². The van der Waals surface area contributed by atoms with Crippen molar-refractivity contribution in [1.82, 2.24) is 0 Å². The molecule has 0 aliphatic rings. The third-order valence-corrected chi connectivity index (χ3v) is 2.28. The molecular weight excluding hydrogens is 331 g/mol. The molecule has 0 fully saturated rings. The Balaban J connectivity index is 0.000000541. The molecule has 120 valence electrons. The van der Waals surface area contributed by atoms with Crippen molar-refractivity contribution in [3.05, 3.63) is 46.5 Å². The first-order valence-corrected chi connectivity index (χ1v) is 5.04. The minimum absolute atomic E-state index is 1.83. The van der Waals surface area contributed by atoms with Crippen molar-refractivity contribution < 1.29 is 50.2 Å². The maximum atomic E-state index is 13.1. The van der Waals surface area contributed by atoms with Gasteiger partial charge in [-0.05, 0) is 0 Å². The molecule has 0 aliphatic carbocycles. The van der Waals surface area contributed by atoms with Gasteiger partial charge in [0.05, 0.1) is 10.8 Å². The van der Waals surface area contributed by atoms with Crippen LogP contribution in [0.1, 0.15) is 0 Å². The van der Waals surface area contributed by atoms with Gasteiger partial charge >= 0.3 is 7.32 Å². The summed E-state index contributed by atoms with van der Waals surface area (Å²) in [6.07, 6.45) is 0. The maximum absolute atomic E-state index is 13.1. The largest absolute Gasteiger partial charge is 0.631 e. The van der Waals surface area contributed by atoms with Crippen LogP contribution >= 0.6 is 0 Å². The van der Waals surface area contributed by atoms with Crippen molar-refractivity contribution in [3.63, 3.8) is 0 Å². The fraction of sp³-hybridized carbons (Fsp3) is 0. The van der Waals surface area contributed by atoms with Crippen molar-refractivity contribution in [2.45, 2.75) is 0 Å². The number of benzene rings is 2. The Kier molecular flexibility index (Phi) is 5.32. The Bertz CT molecular complexity index is 621. The van der Waals surface area contributed by atoms with Gasteiger partial charge in [-0.3, -0.25) is 0 Å². The molecule has 0 unspecified atom stereocenters. The molecule has 22 heavy (non-hydrogen) atoms. The van der Waals surface area contributed by atoms with Gasteiger partial charge in [0.25, 0.3) is 0 Å². The van der Waals surface area contributed by atoms with Crippen molar-refractivity contribution in [2.75, 3.05) is 0 Å². The molecule has 0 atom stereocenters. The van der Waals surface area contributed by atoms with E-state index in [1.54, 1.807) is 0 Å². The first-order valence-electron chi connectivity index (χ1n) is 5.04. The van der Waals surface area contributed by atoms with Gasteiger partial charge in [0.2, 0.25) is 0 Å². The normalized spacial score (nSPS) is 10.5. The van der Waals surface area contributed by atoms with Crippen LogP contribution in [0.5, 0.6) is 0 Å². The summed E-state index contributed by atoms with van der Waals surface area (Å²) in [4.78, 5) is 0. The summed E-state index contributed by atoms with van der Waals surface area (Å²) in [5.41, 5.74) is 0. The quantitative estimate of drug-likeness (QED) is 0.299. The van der Waals surface area contributed by atoms with Crippen LogP contribution in [0, 0.1) is 46.5 Å². The molecule has 0 bridgehead atoms. The average molecular weight is 334 g/mol. The van der Waals surface area contributed by atoms with Crippen LogP contribution in [-0.2, 0) is 0 Å².